The summed E-state index contributed by atoms with van der Waals surface area (Å²) in [6.07, 6.45) is 5.93. The molecule has 384 valence electrons. The lowest BCUT2D eigenvalue weighted by molar-refractivity contribution is 0.803. The van der Waals surface area contributed by atoms with Crippen LogP contribution in [0.1, 0.15) is 0 Å². The van der Waals surface area contributed by atoms with Crippen molar-refractivity contribution in [3.05, 3.63) is 255 Å². The quantitative estimate of drug-likeness (QED) is 0.138. The predicted octanol–water partition coefficient (Wildman–Crippen LogP) is 17.2. The van der Waals surface area contributed by atoms with Gasteiger partial charge in [-0.05, 0) is 146 Å². The van der Waals surface area contributed by atoms with Crippen molar-refractivity contribution in [3.8, 4) is 50.8 Å². The monoisotopic (exact) mass is 1100 g/mol. The van der Waals surface area contributed by atoms with Crippen molar-refractivity contribution >= 4 is 86.5 Å². The summed E-state index contributed by atoms with van der Waals surface area (Å²) >= 11 is 5.38. The average Bonchev–Trinajstić information content (AvgIpc) is 4.41. The van der Waals surface area contributed by atoms with Crippen LogP contribution in [0, 0.1) is 0 Å². The Morgan fingerprint density at radius 1 is 0.235 bits per heavy atom. The van der Waals surface area contributed by atoms with E-state index in [1.165, 1.54) is 29.4 Å². The fourth-order valence-corrected chi connectivity index (χ4v) is 14.1. The first kappa shape index (κ1) is 47.1. The lowest BCUT2D eigenvalue weighted by atomic mass is 10.0. The highest BCUT2D eigenvalue weighted by atomic mass is 32.2. The smallest absolute Gasteiger partial charge is 0.113 e. The van der Waals surface area contributed by atoms with Crippen LogP contribution in [-0.4, -0.2) is 45.0 Å². The first-order valence-electron chi connectivity index (χ1n) is 26.3. The maximum Gasteiger partial charge on any atom is 0.113 e. The minimum absolute atomic E-state index is 0.675. The largest absolute Gasteiger partial charge is 0.308 e. The third-order valence-corrected chi connectivity index (χ3v) is 18.0. The number of hydrogen-bond donors (Lipinski definition) is 0. The van der Waals surface area contributed by atoms with Crippen LogP contribution >= 0.6 is 35.3 Å². The summed E-state index contributed by atoms with van der Waals surface area (Å²) in [7, 11) is 0. The van der Waals surface area contributed by atoms with Gasteiger partial charge in [0.05, 0.1) is 69.8 Å². The van der Waals surface area contributed by atoms with Gasteiger partial charge in [-0.3, -0.25) is 0 Å². The van der Waals surface area contributed by atoms with E-state index in [4.69, 9.17) is 30.9 Å². The molecule has 0 fully saturated rings. The van der Waals surface area contributed by atoms with E-state index in [0.29, 0.717) is 17.1 Å². The van der Waals surface area contributed by atoms with Crippen molar-refractivity contribution in [3.63, 3.8) is 0 Å². The van der Waals surface area contributed by atoms with E-state index in [9.17, 15) is 0 Å². The first-order chi connectivity index (χ1) is 40.1. The zero-order valence-corrected chi connectivity index (χ0v) is 45.3. The molecule has 0 amide bonds. The van der Waals surface area contributed by atoms with Gasteiger partial charge in [0.25, 0.3) is 0 Å². The van der Waals surface area contributed by atoms with E-state index >= 15 is 0 Å². The SMILES string of the molecule is c1cc(N2c3ccccc3Sc3ccccc32)cc(-n2cc(-c3cc(-c4cn(-c5cccc(N6c7ccccc7Sc7ccccc76)c5)nn4)cc(-c4cn(-c5cccc(N6c7ccccc7Sc7ccccc76)c5)nn4)c3)nn2)c1. The summed E-state index contributed by atoms with van der Waals surface area (Å²) in [5.41, 5.74) is 17.0. The zero-order valence-electron chi connectivity index (χ0n) is 42.8. The second-order valence-electron chi connectivity index (χ2n) is 19.6. The third kappa shape index (κ3) is 8.36. The molecule has 12 nitrogen and oxygen atoms in total. The van der Waals surface area contributed by atoms with E-state index in [0.717, 1.165) is 84.9 Å². The van der Waals surface area contributed by atoms with Crippen molar-refractivity contribution in [2.24, 2.45) is 0 Å². The molecule has 0 N–H and O–H groups in total. The van der Waals surface area contributed by atoms with Crippen molar-refractivity contribution in [2.75, 3.05) is 14.7 Å². The molecule has 0 bridgehead atoms. The lowest BCUT2D eigenvalue weighted by Crippen LogP contribution is -2.15. The van der Waals surface area contributed by atoms with Crippen molar-refractivity contribution in [2.45, 2.75) is 29.4 Å². The Balaban J connectivity index is 0.773. The molecule has 0 saturated carbocycles. The molecule has 10 aromatic carbocycles. The van der Waals surface area contributed by atoms with E-state index in [-0.39, 0.29) is 0 Å². The highest BCUT2D eigenvalue weighted by Gasteiger charge is 2.28. The van der Waals surface area contributed by atoms with Gasteiger partial charge < -0.3 is 14.7 Å². The third-order valence-electron chi connectivity index (χ3n) is 14.7. The van der Waals surface area contributed by atoms with Crippen molar-refractivity contribution in [1.82, 2.24) is 45.0 Å². The average molecular weight is 1100 g/mol. The Hall–Kier alpha value is -9.93. The molecule has 0 atom stereocenters. The van der Waals surface area contributed by atoms with Gasteiger partial charge in [0.15, 0.2) is 0 Å². The Labute approximate surface area is 478 Å². The second-order valence-corrected chi connectivity index (χ2v) is 22.9. The molecule has 6 heterocycles. The number of fused-ring (bicyclic) bond motifs is 6. The molecule has 0 saturated heterocycles. The van der Waals surface area contributed by atoms with Crippen LogP contribution in [0.3, 0.4) is 0 Å². The standard InChI is InChI=1S/C66H42N12S3/c1-7-28-61-55(22-1)76(56-23-2-8-29-62(56)79-61)49-19-13-16-46(37-49)73-40-52(67-70-73)43-34-44(53-41-74(71-68-53)47-17-14-20-50(38-47)77-57-24-3-9-30-63(57)80-64-31-10-4-25-58(64)77)36-45(35-43)54-42-75(72-69-54)48-18-15-21-51(39-48)78-59-26-5-11-32-65(59)81-66-33-12-6-27-60(66)78/h1-42H. The van der Waals surface area contributed by atoms with Crippen LogP contribution in [0.15, 0.2) is 285 Å². The normalized spacial score (nSPS) is 13.0. The highest BCUT2D eigenvalue weighted by molar-refractivity contribution is 8.00. The summed E-state index contributed by atoms with van der Waals surface area (Å²) < 4.78 is 5.51. The Bertz CT molecular complexity index is 4000. The van der Waals surface area contributed by atoms with Gasteiger partial charge >= 0.3 is 0 Å². The maximum absolute atomic E-state index is 4.83. The Morgan fingerprint density at radius 3 is 0.728 bits per heavy atom. The molecular weight excluding hydrogens is 1060 g/mol. The van der Waals surface area contributed by atoms with Crippen LogP contribution in [0.25, 0.3) is 50.8 Å². The van der Waals surface area contributed by atoms with Crippen LogP contribution in [0.2, 0.25) is 0 Å². The highest BCUT2D eigenvalue weighted by Crippen LogP contribution is 2.54. The van der Waals surface area contributed by atoms with Gasteiger partial charge in [-0.2, -0.15) is 0 Å². The topological polar surface area (TPSA) is 102 Å². The van der Waals surface area contributed by atoms with Gasteiger partial charge in [0.2, 0.25) is 0 Å². The summed E-state index contributed by atoms with van der Waals surface area (Å²) in [6, 6.07) is 82.8. The molecule has 0 unspecified atom stereocenters. The van der Waals surface area contributed by atoms with Crippen LogP contribution in [0.5, 0.6) is 0 Å². The van der Waals surface area contributed by atoms with E-state index in [1.807, 2.05) is 32.6 Å². The summed E-state index contributed by atoms with van der Waals surface area (Å²) in [5, 5.41) is 28.7. The van der Waals surface area contributed by atoms with E-state index in [1.54, 1.807) is 35.3 Å². The predicted molar refractivity (Wildman–Crippen MR) is 324 cm³/mol. The second kappa shape index (κ2) is 19.5. The van der Waals surface area contributed by atoms with Crippen molar-refractivity contribution < 1.29 is 0 Å². The fourth-order valence-electron chi connectivity index (χ4n) is 10.9. The minimum atomic E-state index is 0.675. The minimum Gasteiger partial charge on any atom is -0.308 e. The van der Waals surface area contributed by atoms with Crippen LogP contribution in [0.4, 0.5) is 51.2 Å². The molecular formula is C66H42N12S3. The summed E-state index contributed by atoms with van der Waals surface area (Å²) in [4.78, 5) is 14.2. The molecule has 15 heteroatoms. The van der Waals surface area contributed by atoms with Gasteiger partial charge in [0.1, 0.15) is 17.1 Å². The Kier molecular flexibility index (Phi) is 11.3. The zero-order chi connectivity index (χ0) is 53.4. The molecule has 0 aliphatic carbocycles. The number of anilines is 9. The number of hydrogen-bond acceptors (Lipinski definition) is 12. The number of rotatable bonds is 9. The van der Waals surface area contributed by atoms with Gasteiger partial charge in [-0.1, -0.05) is 142 Å². The number of para-hydroxylation sites is 6. The molecule has 3 aliphatic heterocycles. The molecule has 13 aromatic rings. The number of nitrogens with zero attached hydrogens (tertiary/aromatic N) is 12. The lowest BCUT2D eigenvalue weighted by Gasteiger charge is -2.33. The van der Waals surface area contributed by atoms with E-state index < -0.39 is 0 Å². The fraction of sp³-hybridized carbons (Fsp3) is 0. The van der Waals surface area contributed by atoms with Crippen LogP contribution < -0.4 is 14.7 Å². The number of aromatic nitrogens is 9. The Morgan fingerprint density at radius 2 is 0.469 bits per heavy atom. The molecule has 16 rings (SSSR count). The van der Waals surface area contributed by atoms with Gasteiger partial charge in [0, 0.05) is 63.1 Å². The van der Waals surface area contributed by atoms with Gasteiger partial charge in [-0.15, -0.1) is 15.3 Å². The van der Waals surface area contributed by atoms with Crippen molar-refractivity contribution in [1.29, 1.82) is 0 Å². The van der Waals surface area contributed by atoms with E-state index in [2.05, 4.69) is 251 Å². The van der Waals surface area contributed by atoms with Gasteiger partial charge in [-0.25, -0.2) is 14.0 Å². The first-order valence-corrected chi connectivity index (χ1v) is 28.8. The molecule has 0 spiro atoms. The summed E-state index contributed by atoms with van der Waals surface area (Å²) in [5.74, 6) is 0. The summed E-state index contributed by atoms with van der Waals surface area (Å²) in [6.45, 7) is 0. The van der Waals surface area contributed by atoms with Crippen LogP contribution in [-0.2, 0) is 0 Å². The molecule has 0 radical (unpaired) electrons. The molecule has 3 aromatic heterocycles. The number of benzene rings is 10. The maximum atomic E-state index is 4.83. The molecule has 3 aliphatic rings. The molecule has 81 heavy (non-hydrogen) atoms.